The largest absolute Gasteiger partial charge is 0.409 e. The average Bonchev–Trinajstić information content (AvgIpc) is 3.67. The summed E-state index contributed by atoms with van der Waals surface area (Å²) in [5, 5.41) is 0. The molecule has 0 radical (unpaired) electrons. The lowest BCUT2D eigenvalue weighted by atomic mass is 10.3. The number of nitrogens with zero attached hydrogens (tertiary/aromatic N) is 4. The highest BCUT2D eigenvalue weighted by atomic mass is 32.2. The average molecular weight is 502 g/mol. The van der Waals surface area contributed by atoms with Crippen molar-refractivity contribution in [3.63, 3.8) is 0 Å². The van der Waals surface area contributed by atoms with E-state index in [0.29, 0.717) is 22.5 Å². The van der Waals surface area contributed by atoms with Crippen molar-refractivity contribution < 1.29 is 31.2 Å². The Morgan fingerprint density at radius 1 is 1.21 bits per heavy atom. The Kier molecular flexibility index (Phi) is 7.24. The lowest BCUT2D eigenvalue weighted by Crippen LogP contribution is -2.47. The van der Waals surface area contributed by atoms with Crippen molar-refractivity contribution in [2.45, 2.75) is 31.9 Å². The van der Waals surface area contributed by atoms with Gasteiger partial charge in [-0.2, -0.15) is 17.1 Å². The number of urea groups is 1. The maximum atomic E-state index is 13.3. The van der Waals surface area contributed by atoms with Crippen molar-refractivity contribution in [3.05, 3.63) is 47.7 Å². The van der Waals surface area contributed by atoms with Gasteiger partial charge in [0.15, 0.2) is 0 Å². The highest BCUT2D eigenvalue weighted by Gasteiger charge is 2.37. The van der Waals surface area contributed by atoms with Gasteiger partial charge in [0.2, 0.25) is 5.95 Å². The number of hydrogen-bond acceptors (Lipinski definition) is 6. The van der Waals surface area contributed by atoms with E-state index in [1.165, 1.54) is 4.90 Å². The van der Waals surface area contributed by atoms with E-state index in [0.717, 1.165) is 48.9 Å². The summed E-state index contributed by atoms with van der Waals surface area (Å²) in [6, 6.07) is -0.552. The van der Waals surface area contributed by atoms with Crippen molar-refractivity contribution >= 4 is 27.9 Å². The Morgan fingerprint density at radius 2 is 1.79 bits per heavy atom. The van der Waals surface area contributed by atoms with Crippen LogP contribution in [0.3, 0.4) is 0 Å². The van der Waals surface area contributed by atoms with Gasteiger partial charge in [-0.1, -0.05) is 18.7 Å². The van der Waals surface area contributed by atoms with E-state index >= 15 is 0 Å². The van der Waals surface area contributed by atoms with Crippen molar-refractivity contribution in [2.24, 2.45) is 11.8 Å². The summed E-state index contributed by atoms with van der Waals surface area (Å²) in [6.45, 7) is 3.98. The minimum Gasteiger partial charge on any atom is -0.368 e. The fourth-order valence-electron chi connectivity index (χ4n) is 3.20. The monoisotopic (exact) mass is 501 g/mol. The summed E-state index contributed by atoms with van der Waals surface area (Å²) >= 11 is 0. The summed E-state index contributed by atoms with van der Waals surface area (Å²) < 4.78 is 63.2. The Labute approximate surface area is 195 Å². The summed E-state index contributed by atoms with van der Waals surface area (Å²) in [4.78, 5) is 31.9. The van der Waals surface area contributed by atoms with Crippen molar-refractivity contribution in [1.29, 1.82) is 0 Å². The predicted molar refractivity (Wildman–Crippen MR) is 119 cm³/mol. The number of imidazole rings is 1. The van der Waals surface area contributed by atoms with Crippen molar-refractivity contribution in [2.75, 3.05) is 25.9 Å². The minimum absolute atomic E-state index is 0.0799. The topological polar surface area (TPSA) is 119 Å². The standard InChI is InChI=1S/C21H26F3N5O4S/c1-14(5-3-4-10-21(22,23)24)34(32,33)29-17(11-26-19(29)25)18(30)28(13-16-8-9-16)20(31)27(2)12-15-6-7-15/h3-5,10-11,15-16H,1,6-9,12-13H2,2H3,(H2,25,26)/b5-3-,10-4+. The normalized spacial score (nSPS) is 16.8. The minimum atomic E-state index is -4.57. The lowest BCUT2D eigenvalue weighted by molar-refractivity contribution is -0.0798. The maximum absolute atomic E-state index is 13.3. The van der Waals surface area contributed by atoms with Crippen LogP contribution in [-0.4, -0.2) is 65.4 Å². The number of halogens is 3. The molecule has 0 saturated heterocycles. The molecule has 186 valence electrons. The first-order chi connectivity index (χ1) is 15.8. The molecule has 2 saturated carbocycles. The molecule has 2 aliphatic rings. The number of carbonyl (C=O) groups excluding carboxylic acids is 2. The van der Waals surface area contributed by atoms with E-state index in [1.807, 2.05) is 0 Å². The summed E-state index contributed by atoms with van der Waals surface area (Å²) in [5.41, 5.74) is 5.25. The zero-order valence-electron chi connectivity index (χ0n) is 18.5. The van der Waals surface area contributed by atoms with Crippen molar-refractivity contribution in [3.8, 4) is 0 Å². The molecule has 2 N–H and O–H groups in total. The fourth-order valence-corrected chi connectivity index (χ4v) is 4.36. The molecular weight excluding hydrogens is 475 g/mol. The number of nitrogen functional groups attached to an aromatic ring is 1. The molecule has 34 heavy (non-hydrogen) atoms. The molecule has 3 amide bonds. The quantitative estimate of drug-likeness (QED) is 0.520. The van der Waals surface area contributed by atoms with Gasteiger partial charge in [0, 0.05) is 26.2 Å². The predicted octanol–water partition coefficient (Wildman–Crippen LogP) is 3.15. The number of alkyl halides is 3. The molecule has 1 aromatic rings. The van der Waals surface area contributed by atoms with Gasteiger partial charge in [-0.25, -0.2) is 18.2 Å². The number of aromatic nitrogens is 2. The first-order valence-corrected chi connectivity index (χ1v) is 12.0. The van der Waals surface area contributed by atoms with Crippen LogP contribution in [-0.2, 0) is 10.0 Å². The lowest BCUT2D eigenvalue weighted by Gasteiger charge is -2.27. The van der Waals surface area contributed by atoms with Crippen molar-refractivity contribution in [1.82, 2.24) is 18.8 Å². The Hall–Kier alpha value is -3.09. The number of hydrogen-bond donors (Lipinski definition) is 1. The summed E-state index contributed by atoms with van der Waals surface area (Å²) in [5.74, 6) is -0.921. The van der Waals surface area contributed by atoms with Gasteiger partial charge in [-0.05, 0) is 43.6 Å². The van der Waals surface area contributed by atoms with Crippen LogP contribution < -0.4 is 5.73 Å². The molecule has 0 atom stereocenters. The van der Waals surface area contributed by atoms with Crippen LogP contribution >= 0.6 is 0 Å². The molecule has 2 aliphatic carbocycles. The third kappa shape index (κ3) is 6.27. The molecule has 2 fully saturated rings. The molecule has 3 rings (SSSR count). The zero-order chi connectivity index (χ0) is 25.3. The molecule has 0 unspecified atom stereocenters. The van der Waals surface area contributed by atoms with Crippen LogP contribution in [0.1, 0.15) is 36.2 Å². The second-order valence-electron chi connectivity index (χ2n) is 8.46. The fraction of sp³-hybridized carbons (Fsp3) is 0.476. The van der Waals surface area contributed by atoms with Crippen LogP contribution in [0.15, 0.2) is 42.0 Å². The smallest absolute Gasteiger partial charge is 0.368 e. The Bertz CT molecular complexity index is 1130. The molecule has 0 spiro atoms. The van der Waals surface area contributed by atoms with Crippen LogP contribution in [0.2, 0.25) is 0 Å². The van der Waals surface area contributed by atoms with E-state index in [9.17, 15) is 31.2 Å². The maximum Gasteiger partial charge on any atom is 0.409 e. The number of imide groups is 1. The van der Waals surface area contributed by atoms with Crippen LogP contribution in [0.25, 0.3) is 0 Å². The van der Waals surface area contributed by atoms with Crippen LogP contribution in [0.5, 0.6) is 0 Å². The molecule has 1 heterocycles. The van der Waals surface area contributed by atoms with Gasteiger partial charge >= 0.3 is 12.2 Å². The number of rotatable bonds is 9. The number of anilines is 1. The highest BCUT2D eigenvalue weighted by Crippen LogP contribution is 2.32. The first-order valence-electron chi connectivity index (χ1n) is 10.6. The second-order valence-corrected chi connectivity index (χ2v) is 10.3. The van der Waals surface area contributed by atoms with Gasteiger partial charge < -0.3 is 10.6 Å². The van der Waals surface area contributed by atoms with Gasteiger partial charge in [0.25, 0.3) is 15.9 Å². The van der Waals surface area contributed by atoms with E-state index in [4.69, 9.17) is 5.73 Å². The zero-order valence-corrected chi connectivity index (χ0v) is 19.3. The first kappa shape index (κ1) is 25.5. The third-order valence-corrected chi connectivity index (χ3v) is 7.05. The molecular formula is C21H26F3N5O4S. The van der Waals surface area contributed by atoms with Gasteiger partial charge in [0.1, 0.15) is 5.69 Å². The Balaban J connectivity index is 1.87. The summed E-state index contributed by atoms with van der Waals surface area (Å²) in [6.07, 6.45) is 2.28. The summed E-state index contributed by atoms with van der Waals surface area (Å²) in [7, 11) is -2.98. The SMILES string of the molecule is C=C(/C=C\C=C\C(F)(F)F)S(=O)(=O)n1c(C(=O)N(CC2CC2)C(=O)N(C)CC2CC2)cnc1N. The Morgan fingerprint density at radius 3 is 2.35 bits per heavy atom. The van der Waals surface area contributed by atoms with Gasteiger partial charge in [-0.3, -0.25) is 9.69 Å². The molecule has 0 aromatic carbocycles. The third-order valence-electron chi connectivity index (χ3n) is 5.38. The van der Waals surface area contributed by atoms with Gasteiger partial charge in [-0.15, -0.1) is 0 Å². The number of allylic oxidation sites excluding steroid dienone is 4. The molecule has 1 aromatic heterocycles. The number of amides is 3. The number of nitrogens with two attached hydrogens (primary N) is 1. The van der Waals surface area contributed by atoms with Crippen LogP contribution in [0.4, 0.5) is 23.9 Å². The second kappa shape index (κ2) is 9.65. The van der Waals surface area contributed by atoms with Gasteiger partial charge in [0.05, 0.1) is 11.1 Å². The molecule has 0 aliphatic heterocycles. The van der Waals surface area contributed by atoms with E-state index in [2.05, 4.69) is 11.6 Å². The number of carbonyl (C=O) groups is 2. The van der Waals surface area contributed by atoms with E-state index in [1.54, 1.807) is 7.05 Å². The molecule has 0 bridgehead atoms. The van der Waals surface area contributed by atoms with Crippen LogP contribution in [0, 0.1) is 11.8 Å². The van der Waals surface area contributed by atoms with E-state index in [-0.39, 0.29) is 18.5 Å². The van der Waals surface area contributed by atoms with E-state index < -0.39 is 44.7 Å². The molecule has 9 nitrogen and oxygen atoms in total. The highest BCUT2D eigenvalue weighted by molar-refractivity contribution is 7.94. The molecule has 13 heteroatoms.